The second-order valence-corrected chi connectivity index (χ2v) is 8.26. The molecule has 10 heteroatoms. The first kappa shape index (κ1) is 22.1. The lowest BCUT2D eigenvalue weighted by Gasteiger charge is -2.15. The predicted octanol–water partition coefficient (Wildman–Crippen LogP) is 5.79. The predicted molar refractivity (Wildman–Crippen MR) is 131 cm³/mol. The van der Waals surface area contributed by atoms with Crippen molar-refractivity contribution in [3.63, 3.8) is 0 Å². The number of furan rings is 1. The molecule has 0 saturated heterocycles. The van der Waals surface area contributed by atoms with Crippen molar-refractivity contribution >= 4 is 40.3 Å². The van der Waals surface area contributed by atoms with Crippen molar-refractivity contribution in [3.05, 3.63) is 77.8 Å². The van der Waals surface area contributed by atoms with Crippen molar-refractivity contribution in [3.8, 4) is 28.8 Å². The van der Waals surface area contributed by atoms with Crippen LogP contribution >= 0.6 is 23.3 Å². The van der Waals surface area contributed by atoms with Crippen molar-refractivity contribution in [1.82, 2.24) is 15.3 Å². The molecule has 0 atom stereocenters. The molecule has 3 aromatic heterocycles. The SMILES string of the molecule is CN/C(=C\C=N)c1cc(-c2ccoc2)ncc1Oc1ccc(SNc2nccs2)cc1C#N. The molecule has 0 saturated carbocycles. The van der Waals surface area contributed by atoms with Gasteiger partial charge < -0.3 is 24.6 Å². The Kier molecular flexibility index (Phi) is 7.04. The Bertz CT molecular complexity index is 1310. The highest BCUT2D eigenvalue weighted by molar-refractivity contribution is 8.00. The minimum atomic E-state index is 0.382. The van der Waals surface area contributed by atoms with Crippen molar-refractivity contribution in [1.29, 1.82) is 10.7 Å². The van der Waals surface area contributed by atoms with Crippen LogP contribution in [0.15, 0.2) is 76.0 Å². The van der Waals surface area contributed by atoms with Gasteiger partial charge in [0, 0.05) is 46.6 Å². The molecule has 8 nitrogen and oxygen atoms in total. The maximum absolute atomic E-state index is 9.70. The number of hydrogen-bond acceptors (Lipinski definition) is 10. The number of benzene rings is 1. The number of aromatic nitrogens is 2. The number of ether oxygens (including phenoxy) is 1. The van der Waals surface area contributed by atoms with Crippen molar-refractivity contribution in [2.75, 3.05) is 11.8 Å². The van der Waals surface area contributed by atoms with Gasteiger partial charge in [0.2, 0.25) is 0 Å². The summed E-state index contributed by atoms with van der Waals surface area (Å²) in [5.41, 5.74) is 3.26. The lowest BCUT2D eigenvalue weighted by atomic mass is 10.1. The van der Waals surface area contributed by atoms with E-state index in [-0.39, 0.29) is 0 Å². The summed E-state index contributed by atoms with van der Waals surface area (Å²) in [4.78, 5) is 9.51. The zero-order valence-electron chi connectivity index (χ0n) is 17.4. The maximum Gasteiger partial charge on any atom is 0.192 e. The first-order chi connectivity index (χ1) is 16.2. The smallest absolute Gasteiger partial charge is 0.192 e. The highest BCUT2D eigenvalue weighted by Gasteiger charge is 2.15. The summed E-state index contributed by atoms with van der Waals surface area (Å²) >= 11 is 2.86. The normalized spacial score (nSPS) is 11.0. The van der Waals surface area contributed by atoms with E-state index in [1.807, 2.05) is 23.6 Å². The molecule has 4 rings (SSSR count). The fraction of sp³-hybridized carbons (Fsp3) is 0.0435. The molecule has 0 radical (unpaired) electrons. The van der Waals surface area contributed by atoms with Gasteiger partial charge in [0.25, 0.3) is 0 Å². The van der Waals surface area contributed by atoms with Crippen LogP contribution in [0.4, 0.5) is 5.13 Å². The number of thiazole rings is 1. The standard InChI is InChI=1S/C23H18N6O2S2/c1-26-19(4-6-24)18-11-20(15-5-8-30-14-15)28-13-22(18)31-21-3-2-17(10-16(21)12-25)33-29-23-27-7-9-32-23/h2-11,13-14,24,26H,1H3,(H,27,29)/b19-4-,24-6?. The number of nitrogens with zero attached hydrogens (tertiary/aromatic N) is 3. The Morgan fingerprint density at radius 2 is 2.18 bits per heavy atom. The zero-order chi connectivity index (χ0) is 23.0. The molecule has 164 valence electrons. The van der Waals surface area contributed by atoms with E-state index in [4.69, 9.17) is 14.6 Å². The van der Waals surface area contributed by atoms with Gasteiger partial charge in [-0.3, -0.25) is 4.98 Å². The van der Waals surface area contributed by atoms with Crippen LogP contribution in [0.2, 0.25) is 0 Å². The summed E-state index contributed by atoms with van der Waals surface area (Å²) in [6.07, 6.45) is 9.32. The second kappa shape index (κ2) is 10.5. The first-order valence-corrected chi connectivity index (χ1v) is 11.4. The highest BCUT2D eigenvalue weighted by Crippen LogP contribution is 2.35. The average Bonchev–Trinajstić information content (AvgIpc) is 3.57. The summed E-state index contributed by atoms with van der Waals surface area (Å²) < 4.78 is 14.4. The Morgan fingerprint density at radius 3 is 2.88 bits per heavy atom. The molecule has 0 aliphatic rings. The molecule has 33 heavy (non-hydrogen) atoms. The minimum Gasteiger partial charge on any atom is -0.472 e. The topological polar surface area (TPSA) is 120 Å². The lowest BCUT2D eigenvalue weighted by Crippen LogP contribution is -2.07. The van der Waals surface area contributed by atoms with Crippen LogP contribution in [-0.4, -0.2) is 23.2 Å². The summed E-state index contributed by atoms with van der Waals surface area (Å²) in [6.45, 7) is 0. The summed E-state index contributed by atoms with van der Waals surface area (Å²) in [6, 6.07) is 11.2. The van der Waals surface area contributed by atoms with Gasteiger partial charge in [-0.2, -0.15) is 5.26 Å². The molecule has 3 heterocycles. The lowest BCUT2D eigenvalue weighted by molar-refractivity contribution is 0.476. The molecule has 0 fully saturated rings. The van der Waals surface area contributed by atoms with E-state index in [9.17, 15) is 5.26 Å². The van der Waals surface area contributed by atoms with Crippen LogP contribution in [0.1, 0.15) is 11.1 Å². The second-order valence-electron chi connectivity index (χ2n) is 6.49. The summed E-state index contributed by atoms with van der Waals surface area (Å²) in [7, 11) is 1.76. The average molecular weight is 475 g/mol. The van der Waals surface area contributed by atoms with Crippen LogP contribution < -0.4 is 14.8 Å². The van der Waals surface area contributed by atoms with Gasteiger partial charge >= 0.3 is 0 Å². The number of nitrogens with one attached hydrogen (secondary N) is 3. The van der Waals surface area contributed by atoms with E-state index in [1.54, 1.807) is 50.2 Å². The third-order valence-corrected chi connectivity index (χ3v) is 6.08. The number of rotatable bonds is 9. The van der Waals surface area contributed by atoms with Gasteiger partial charge in [0.05, 0.1) is 30.0 Å². The van der Waals surface area contributed by atoms with Crippen LogP contribution in [-0.2, 0) is 0 Å². The number of allylic oxidation sites excluding steroid dienone is 1. The van der Waals surface area contributed by atoms with E-state index < -0.39 is 0 Å². The molecule has 0 spiro atoms. The van der Waals surface area contributed by atoms with Gasteiger partial charge in [-0.25, -0.2) is 4.98 Å². The van der Waals surface area contributed by atoms with Gasteiger partial charge in [0.15, 0.2) is 10.9 Å². The van der Waals surface area contributed by atoms with Crippen molar-refractivity contribution < 1.29 is 9.15 Å². The Morgan fingerprint density at radius 1 is 1.27 bits per heavy atom. The van der Waals surface area contributed by atoms with Crippen LogP contribution in [0, 0.1) is 16.7 Å². The number of anilines is 1. The van der Waals surface area contributed by atoms with E-state index in [2.05, 4.69) is 26.1 Å². The molecule has 1 aromatic carbocycles. The maximum atomic E-state index is 9.70. The zero-order valence-corrected chi connectivity index (χ0v) is 19.0. The fourth-order valence-electron chi connectivity index (χ4n) is 2.94. The van der Waals surface area contributed by atoms with Gasteiger partial charge in [-0.1, -0.05) is 0 Å². The monoisotopic (exact) mass is 474 g/mol. The molecule has 3 N–H and O–H groups in total. The number of hydrogen-bond donors (Lipinski definition) is 3. The molecule has 0 bridgehead atoms. The molecule has 0 amide bonds. The van der Waals surface area contributed by atoms with E-state index in [1.165, 1.54) is 29.5 Å². The molecule has 0 aliphatic heterocycles. The first-order valence-electron chi connectivity index (χ1n) is 9.67. The minimum absolute atomic E-state index is 0.382. The number of pyridine rings is 1. The fourth-order valence-corrected chi connectivity index (χ4v) is 4.20. The van der Waals surface area contributed by atoms with Gasteiger partial charge in [-0.05, 0) is 48.4 Å². The summed E-state index contributed by atoms with van der Waals surface area (Å²) in [5.74, 6) is 0.850. The van der Waals surface area contributed by atoms with E-state index in [0.29, 0.717) is 34.0 Å². The molecular formula is C23H18N6O2S2. The quantitative estimate of drug-likeness (QED) is 0.206. The Balaban J connectivity index is 1.65. The highest BCUT2D eigenvalue weighted by atomic mass is 32.2. The van der Waals surface area contributed by atoms with Crippen molar-refractivity contribution in [2.45, 2.75) is 4.90 Å². The third kappa shape index (κ3) is 5.23. The van der Waals surface area contributed by atoms with Crippen LogP contribution in [0.3, 0.4) is 0 Å². The number of nitriles is 1. The van der Waals surface area contributed by atoms with Gasteiger partial charge in [-0.15, -0.1) is 11.3 Å². The molecular weight excluding hydrogens is 456 g/mol. The molecule has 0 aliphatic carbocycles. The molecule has 4 aromatic rings. The van der Waals surface area contributed by atoms with Crippen LogP contribution in [0.25, 0.3) is 17.0 Å². The van der Waals surface area contributed by atoms with E-state index >= 15 is 0 Å². The largest absolute Gasteiger partial charge is 0.472 e. The summed E-state index contributed by atoms with van der Waals surface area (Å²) in [5, 5.41) is 22.9. The molecule has 0 unspecified atom stereocenters. The van der Waals surface area contributed by atoms with Crippen molar-refractivity contribution in [2.24, 2.45) is 0 Å². The van der Waals surface area contributed by atoms with E-state index in [0.717, 1.165) is 15.6 Å². The Labute approximate surface area is 198 Å². The Hall–Kier alpha value is -4.07. The third-order valence-electron chi connectivity index (χ3n) is 4.47. The van der Waals surface area contributed by atoms with Crippen LogP contribution in [0.5, 0.6) is 11.5 Å². The van der Waals surface area contributed by atoms with Gasteiger partial charge in [0.1, 0.15) is 11.8 Å².